The van der Waals surface area contributed by atoms with Crippen LogP contribution in [0.25, 0.3) is 0 Å². The summed E-state index contributed by atoms with van der Waals surface area (Å²) in [5.41, 5.74) is 2.10. The van der Waals surface area contributed by atoms with Crippen LogP contribution < -0.4 is 10.2 Å². The smallest absolute Gasteiger partial charge is 0.220 e. The van der Waals surface area contributed by atoms with Crippen molar-refractivity contribution in [3.05, 3.63) is 21.8 Å². The molecule has 0 saturated carbocycles. The summed E-state index contributed by atoms with van der Waals surface area (Å²) in [4.78, 5) is 19.0. The minimum absolute atomic E-state index is 0.148. The Hall–Kier alpha value is -1.84. The van der Waals surface area contributed by atoms with Gasteiger partial charge >= 0.3 is 0 Å². The topological polar surface area (TPSA) is 78.2 Å². The first-order chi connectivity index (χ1) is 13.0. The molecular weight excluding hydrogens is 364 g/mol. The molecule has 1 aromatic heterocycles. The number of hydrogen-bond donors (Lipinski definition) is 1. The van der Waals surface area contributed by atoms with Crippen molar-refractivity contribution >= 4 is 23.3 Å². The summed E-state index contributed by atoms with van der Waals surface area (Å²) in [7, 11) is 0. The molecule has 3 heterocycles. The molecule has 3 rings (SSSR count). The molecule has 0 radical (unpaired) electrons. The minimum Gasteiger partial charge on any atom is -0.381 e. The van der Waals surface area contributed by atoms with Gasteiger partial charge in [0.05, 0.1) is 16.3 Å². The van der Waals surface area contributed by atoms with Gasteiger partial charge in [-0.25, -0.2) is 4.98 Å². The SMILES string of the molecule is Cc1nc(N2CCC(CC(=O)NC3CCOCC3)CC2)c(C#N)c(C)c1Cl. The Bertz CT molecular complexity index is 732. The monoisotopic (exact) mass is 390 g/mol. The highest BCUT2D eigenvalue weighted by Crippen LogP contribution is 2.31. The summed E-state index contributed by atoms with van der Waals surface area (Å²) < 4.78 is 5.33. The molecule has 7 heteroatoms. The third kappa shape index (κ3) is 4.72. The zero-order chi connectivity index (χ0) is 19.4. The Morgan fingerprint density at radius 2 is 1.96 bits per heavy atom. The van der Waals surface area contributed by atoms with Crippen LogP contribution in [0.3, 0.4) is 0 Å². The first-order valence-corrected chi connectivity index (χ1v) is 10.1. The van der Waals surface area contributed by atoms with E-state index in [-0.39, 0.29) is 11.9 Å². The molecule has 1 amide bonds. The number of rotatable bonds is 4. The predicted molar refractivity (Wildman–Crippen MR) is 105 cm³/mol. The van der Waals surface area contributed by atoms with Gasteiger partial charge in [-0.3, -0.25) is 4.79 Å². The van der Waals surface area contributed by atoms with Crippen LogP contribution in [-0.4, -0.2) is 43.2 Å². The summed E-state index contributed by atoms with van der Waals surface area (Å²) in [6.45, 7) is 6.81. The van der Waals surface area contributed by atoms with Gasteiger partial charge in [-0.1, -0.05) is 11.6 Å². The number of halogens is 1. The Morgan fingerprint density at radius 1 is 1.30 bits per heavy atom. The second kappa shape index (κ2) is 8.90. The van der Waals surface area contributed by atoms with Crippen LogP contribution >= 0.6 is 11.6 Å². The van der Waals surface area contributed by atoms with Crippen LogP contribution in [0.2, 0.25) is 5.02 Å². The van der Waals surface area contributed by atoms with Gasteiger partial charge in [0.1, 0.15) is 11.9 Å². The number of piperidine rings is 1. The lowest BCUT2D eigenvalue weighted by Crippen LogP contribution is -2.41. The van der Waals surface area contributed by atoms with E-state index in [2.05, 4.69) is 21.3 Å². The number of aromatic nitrogens is 1. The third-order valence-corrected chi connectivity index (χ3v) is 6.16. The van der Waals surface area contributed by atoms with Crippen molar-refractivity contribution in [2.24, 2.45) is 5.92 Å². The molecule has 2 aliphatic heterocycles. The summed E-state index contributed by atoms with van der Waals surface area (Å²) >= 11 is 6.25. The molecule has 146 valence electrons. The van der Waals surface area contributed by atoms with Crippen LogP contribution in [0.5, 0.6) is 0 Å². The van der Waals surface area contributed by atoms with Crippen molar-refractivity contribution in [1.29, 1.82) is 5.26 Å². The Morgan fingerprint density at radius 3 is 2.59 bits per heavy atom. The zero-order valence-corrected chi connectivity index (χ0v) is 16.8. The minimum atomic E-state index is 0.148. The highest BCUT2D eigenvalue weighted by Gasteiger charge is 2.26. The lowest BCUT2D eigenvalue weighted by atomic mass is 9.92. The van der Waals surface area contributed by atoms with Crippen molar-refractivity contribution in [2.75, 3.05) is 31.2 Å². The van der Waals surface area contributed by atoms with Gasteiger partial charge in [0.2, 0.25) is 5.91 Å². The number of anilines is 1. The summed E-state index contributed by atoms with van der Waals surface area (Å²) in [6.07, 6.45) is 4.23. The molecule has 2 fully saturated rings. The van der Waals surface area contributed by atoms with Gasteiger partial charge in [-0.05, 0) is 51.0 Å². The van der Waals surface area contributed by atoms with E-state index in [1.807, 2.05) is 13.8 Å². The second-order valence-electron chi connectivity index (χ2n) is 7.54. The molecular formula is C20H27ClN4O2. The third-order valence-electron chi connectivity index (χ3n) is 5.61. The molecule has 0 aromatic carbocycles. The van der Waals surface area contributed by atoms with E-state index in [4.69, 9.17) is 16.3 Å². The van der Waals surface area contributed by atoms with Crippen molar-refractivity contribution in [3.63, 3.8) is 0 Å². The molecule has 0 aliphatic carbocycles. The summed E-state index contributed by atoms with van der Waals surface area (Å²) in [5, 5.41) is 13.2. The molecule has 6 nitrogen and oxygen atoms in total. The highest BCUT2D eigenvalue weighted by atomic mass is 35.5. The van der Waals surface area contributed by atoms with E-state index in [1.165, 1.54) is 0 Å². The lowest BCUT2D eigenvalue weighted by Gasteiger charge is -2.34. The fourth-order valence-corrected chi connectivity index (χ4v) is 4.05. The number of nitrogens with zero attached hydrogens (tertiary/aromatic N) is 3. The van der Waals surface area contributed by atoms with Crippen LogP contribution in [0.15, 0.2) is 0 Å². The first-order valence-electron chi connectivity index (χ1n) is 9.68. The predicted octanol–water partition coefficient (Wildman–Crippen LogP) is 3.13. The number of amides is 1. The number of hydrogen-bond acceptors (Lipinski definition) is 5. The molecule has 27 heavy (non-hydrogen) atoms. The van der Waals surface area contributed by atoms with Crippen LogP contribution in [0, 0.1) is 31.1 Å². The molecule has 0 bridgehead atoms. The van der Waals surface area contributed by atoms with Crippen LogP contribution in [-0.2, 0) is 9.53 Å². The lowest BCUT2D eigenvalue weighted by molar-refractivity contribution is -0.123. The normalized spacial score (nSPS) is 19.0. The van der Waals surface area contributed by atoms with E-state index in [9.17, 15) is 10.1 Å². The van der Waals surface area contributed by atoms with E-state index in [0.717, 1.165) is 69.1 Å². The largest absolute Gasteiger partial charge is 0.381 e. The summed E-state index contributed by atoms with van der Waals surface area (Å²) in [5.74, 6) is 1.25. The first kappa shape index (κ1) is 19.9. The second-order valence-corrected chi connectivity index (χ2v) is 7.91. The van der Waals surface area contributed by atoms with Gasteiger partial charge in [-0.15, -0.1) is 0 Å². The average Bonchev–Trinajstić information content (AvgIpc) is 2.67. The number of carbonyl (C=O) groups excluding carboxylic acids is 1. The molecule has 2 aliphatic rings. The quantitative estimate of drug-likeness (QED) is 0.854. The van der Waals surface area contributed by atoms with Crippen LogP contribution in [0.4, 0.5) is 5.82 Å². The number of pyridine rings is 1. The molecule has 2 saturated heterocycles. The number of ether oxygens (including phenoxy) is 1. The number of carbonyl (C=O) groups is 1. The van der Waals surface area contributed by atoms with Gasteiger partial charge in [0.15, 0.2) is 0 Å². The number of nitrogens with one attached hydrogen (secondary N) is 1. The maximum absolute atomic E-state index is 12.3. The van der Waals surface area contributed by atoms with E-state index < -0.39 is 0 Å². The van der Waals surface area contributed by atoms with Gasteiger partial charge < -0.3 is 15.0 Å². The number of aryl methyl sites for hydroxylation is 1. The standard InChI is InChI=1S/C20H27ClN4O2/c1-13-17(12-22)20(23-14(2)19(13)21)25-7-3-15(4-8-25)11-18(26)24-16-5-9-27-10-6-16/h15-16H,3-11H2,1-2H3,(H,24,26). The molecule has 0 unspecified atom stereocenters. The zero-order valence-electron chi connectivity index (χ0n) is 16.1. The Labute approximate surface area is 165 Å². The fourth-order valence-electron chi connectivity index (χ4n) is 3.91. The number of nitriles is 1. The van der Waals surface area contributed by atoms with E-state index >= 15 is 0 Å². The average molecular weight is 391 g/mol. The molecule has 0 atom stereocenters. The Kier molecular flexibility index (Phi) is 6.56. The van der Waals surface area contributed by atoms with Crippen molar-refractivity contribution in [1.82, 2.24) is 10.3 Å². The van der Waals surface area contributed by atoms with Crippen LogP contribution in [0.1, 0.15) is 48.9 Å². The highest BCUT2D eigenvalue weighted by molar-refractivity contribution is 6.32. The van der Waals surface area contributed by atoms with E-state index in [0.29, 0.717) is 22.9 Å². The fraction of sp³-hybridized carbons (Fsp3) is 0.650. The van der Waals surface area contributed by atoms with Gasteiger partial charge in [0, 0.05) is 38.8 Å². The van der Waals surface area contributed by atoms with Gasteiger partial charge in [-0.2, -0.15) is 5.26 Å². The van der Waals surface area contributed by atoms with E-state index in [1.54, 1.807) is 0 Å². The Balaban J connectivity index is 1.56. The van der Waals surface area contributed by atoms with Crippen molar-refractivity contribution in [2.45, 2.75) is 52.0 Å². The summed E-state index contributed by atoms with van der Waals surface area (Å²) in [6, 6.07) is 2.51. The molecule has 0 spiro atoms. The van der Waals surface area contributed by atoms with Crippen molar-refractivity contribution < 1.29 is 9.53 Å². The molecule has 1 aromatic rings. The maximum Gasteiger partial charge on any atom is 0.220 e. The maximum atomic E-state index is 12.3. The van der Waals surface area contributed by atoms with Crippen molar-refractivity contribution in [3.8, 4) is 6.07 Å². The molecule has 1 N–H and O–H groups in total. The van der Waals surface area contributed by atoms with Gasteiger partial charge in [0.25, 0.3) is 0 Å².